The number of hydrogen-bond acceptors (Lipinski definition) is 4. The summed E-state index contributed by atoms with van der Waals surface area (Å²) < 4.78 is 0. The molecule has 0 fully saturated rings. The van der Waals surface area contributed by atoms with Gasteiger partial charge in [0.15, 0.2) is 6.04 Å². The highest BCUT2D eigenvalue weighted by molar-refractivity contribution is 5.97. The SMILES string of the molecule is Cc1ccc(C(=O)NC(C(=O)O)C(C)O)c(C)n1. The third-order valence-corrected chi connectivity index (χ3v) is 2.50. The Kier molecular flexibility index (Phi) is 4.38. The normalized spacial score (nSPS) is 13.8. The predicted octanol–water partition coefficient (Wildman–Crippen LogP) is 0.262. The molecule has 3 N–H and O–H groups in total. The van der Waals surface area contributed by atoms with Gasteiger partial charge in [0.2, 0.25) is 0 Å². The Bertz CT molecular complexity index is 471. The van der Waals surface area contributed by atoms with Crippen molar-refractivity contribution >= 4 is 11.9 Å². The van der Waals surface area contributed by atoms with Crippen molar-refractivity contribution in [2.75, 3.05) is 0 Å². The summed E-state index contributed by atoms with van der Waals surface area (Å²) in [7, 11) is 0. The van der Waals surface area contributed by atoms with Crippen molar-refractivity contribution < 1.29 is 19.8 Å². The number of pyridine rings is 1. The molecule has 2 unspecified atom stereocenters. The molecule has 0 aliphatic heterocycles. The third kappa shape index (κ3) is 3.27. The van der Waals surface area contributed by atoms with E-state index >= 15 is 0 Å². The van der Waals surface area contributed by atoms with Crippen LogP contribution in [-0.2, 0) is 4.79 Å². The van der Waals surface area contributed by atoms with Crippen molar-refractivity contribution in [1.29, 1.82) is 0 Å². The molecule has 1 amide bonds. The van der Waals surface area contributed by atoms with Gasteiger partial charge in [-0.15, -0.1) is 0 Å². The second-order valence-electron chi connectivity index (χ2n) is 4.12. The van der Waals surface area contributed by atoms with E-state index in [-0.39, 0.29) is 0 Å². The fourth-order valence-electron chi connectivity index (χ4n) is 1.53. The summed E-state index contributed by atoms with van der Waals surface area (Å²) in [6.45, 7) is 4.77. The maximum Gasteiger partial charge on any atom is 0.328 e. The van der Waals surface area contributed by atoms with E-state index in [1.807, 2.05) is 0 Å². The van der Waals surface area contributed by atoms with Gasteiger partial charge in [-0.25, -0.2) is 4.79 Å². The molecule has 0 radical (unpaired) electrons. The number of carboxylic acid groups (broad SMARTS) is 1. The number of aliphatic carboxylic acids is 1. The van der Waals surface area contributed by atoms with Gasteiger partial charge in [0.25, 0.3) is 5.91 Å². The van der Waals surface area contributed by atoms with Gasteiger partial charge in [0, 0.05) is 5.69 Å². The lowest BCUT2D eigenvalue weighted by Crippen LogP contribution is -2.47. The Hall–Kier alpha value is -1.95. The van der Waals surface area contributed by atoms with Crippen LogP contribution in [0.5, 0.6) is 0 Å². The van der Waals surface area contributed by atoms with Gasteiger partial charge in [0.05, 0.1) is 17.4 Å². The van der Waals surface area contributed by atoms with Gasteiger partial charge < -0.3 is 15.5 Å². The maximum absolute atomic E-state index is 11.9. The lowest BCUT2D eigenvalue weighted by molar-refractivity contribution is -0.141. The number of aryl methyl sites for hydroxylation is 2. The Morgan fingerprint density at radius 1 is 1.33 bits per heavy atom. The first-order chi connectivity index (χ1) is 8.32. The summed E-state index contributed by atoms with van der Waals surface area (Å²) in [5, 5.41) is 20.4. The van der Waals surface area contributed by atoms with E-state index in [0.717, 1.165) is 5.69 Å². The molecule has 0 spiro atoms. The van der Waals surface area contributed by atoms with Crippen LogP contribution in [0, 0.1) is 13.8 Å². The molecule has 0 saturated carbocycles. The number of hydrogen-bond donors (Lipinski definition) is 3. The molecular weight excluding hydrogens is 236 g/mol. The zero-order valence-electron chi connectivity index (χ0n) is 10.5. The first-order valence-corrected chi connectivity index (χ1v) is 5.49. The minimum absolute atomic E-state index is 0.299. The fraction of sp³-hybridized carbons (Fsp3) is 0.417. The summed E-state index contributed by atoms with van der Waals surface area (Å²) in [4.78, 5) is 26.8. The van der Waals surface area contributed by atoms with Gasteiger partial charge in [0.1, 0.15) is 0 Å². The number of aromatic nitrogens is 1. The summed E-state index contributed by atoms with van der Waals surface area (Å²) >= 11 is 0. The molecule has 0 aromatic carbocycles. The van der Waals surface area contributed by atoms with Crippen molar-refractivity contribution in [3.63, 3.8) is 0 Å². The molecule has 6 heteroatoms. The zero-order valence-corrected chi connectivity index (χ0v) is 10.5. The maximum atomic E-state index is 11.9. The fourth-order valence-corrected chi connectivity index (χ4v) is 1.53. The van der Waals surface area contributed by atoms with E-state index in [2.05, 4.69) is 10.3 Å². The van der Waals surface area contributed by atoms with Crippen molar-refractivity contribution in [2.24, 2.45) is 0 Å². The van der Waals surface area contributed by atoms with Gasteiger partial charge in [-0.1, -0.05) is 0 Å². The summed E-state index contributed by atoms with van der Waals surface area (Å²) in [5.74, 6) is -1.84. The number of rotatable bonds is 4. The predicted molar refractivity (Wildman–Crippen MR) is 64.3 cm³/mol. The van der Waals surface area contributed by atoms with E-state index in [4.69, 9.17) is 5.11 Å². The number of aliphatic hydroxyl groups is 1. The van der Waals surface area contributed by atoms with E-state index < -0.39 is 24.0 Å². The van der Waals surface area contributed by atoms with Crippen LogP contribution in [0.25, 0.3) is 0 Å². The Labute approximate surface area is 105 Å². The zero-order chi connectivity index (χ0) is 13.9. The summed E-state index contributed by atoms with van der Waals surface area (Å²) in [6, 6.07) is 1.91. The second-order valence-corrected chi connectivity index (χ2v) is 4.12. The number of nitrogens with zero attached hydrogens (tertiary/aromatic N) is 1. The standard InChI is InChI=1S/C12H16N2O4/c1-6-4-5-9(7(2)13-6)11(16)14-10(8(3)15)12(17)18/h4-5,8,10,15H,1-3H3,(H,14,16)(H,17,18). The van der Waals surface area contributed by atoms with E-state index in [9.17, 15) is 14.7 Å². The van der Waals surface area contributed by atoms with Crippen LogP contribution in [0.4, 0.5) is 0 Å². The lowest BCUT2D eigenvalue weighted by Gasteiger charge is -2.17. The molecular formula is C12H16N2O4. The third-order valence-electron chi connectivity index (χ3n) is 2.50. The summed E-state index contributed by atoms with van der Waals surface area (Å²) in [5.41, 5.74) is 1.59. The monoisotopic (exact) mass is 252 g/mol. The van der Waals surface area contributed by atoms with Gasteiger partial charge in [-0.3, -0.25) is 9.78 Å². The largest absolute Gasteiger partial charge is 0.480 e. The molecule has 6 nitrogen and oxygen atoms in total. The van der Waals surface area contributed by atoms with Gasteiger partial charge >= 0.3 is 5.97 Å². The molecule has 18 heavy (non-hydrogen) atoms. The molecule has 98 valence electrons. The highest BCUT2D eigenvalue weighted by atomic mass is 16.4. The molecule has 2 atom stereocenters. The van der Waals surface area contributed by atoms with Crippen LogP contribution in [0.1, 0.15) is 28.7 Å². The number of carboxylic acids is 1. The Morgan fingerprint density at radius 3 is 2.39 bits per heavy atom. The van der Waals surface area contributed by atoms with Crippen molar-refractivity contribution in [3.8, 4) is 0 Å². The molecule has 0 bridgehead atoms. The van der Waals surface area contributed by atoms with Crippen molar-refractivity contribution in [1.82, 2.24) is 10.3 Å². The molecule has 0 aliphatic rings. The van der Waals surface area contributed by atoms with Crippen molar-refractivity contribution in [3.05, 3.63) is 29.1 Å². The van der Waals surface area contributed by atoms with Crippen LogP contribution in [-0.4, -0.2) is 39.2 Å². The van der Waals surface area contributed by atoms with E-state index in [1.54, 1.807) is 26.0 Å². The molecule has 0 saturated heterocycles. The quantitative estimate of drug-likeness (QED) is 0.714. The smallest absolute Gasteiger partial charge is 0.328 e. The highest BCUT2D eigenvalue weighted by Gasteiger charge is 2.26. The van der Waals surface area contributed by atoms with E-state index in [1.165, 1.54) is 6.92 Å². The van der Waals surface area contributed by atoms with Crippen LogP contribution in [0.2, 0.25) is 0 Å². The van der Waals surface area contributed by atoms with E-state index in [0.29, 0.717) is 11.3 Å². The number of carbonyl (C=O) groups is 2. The first kappa shape index (κ1) is 14.1. The van der Waals surface area contributed by atoms with Gasteiger partial charge in [-0.2, -0.15) is 0 Å². The Morgan fingerprint density at radius 2 is 1.94 bits per heavy atom. The number of amides is 1. The highest BCUT2D eigenvalue weighted by Crippen LogP contribution is 2.07. The van der Waals surface area contributed by atoms with Crippen LogP contribution in [0.3, 0.4) is 0 Å². The number of aliphatic hydroxyl groups excluding tert-OH is 1. The van der Waals surface area contributed by atoms with Gasteiger partial charge in [-0.05, 0) is 32.9 Å². The van der Waals surface area contributed by atoms with Crippen molar-refractivity contribution in [2.45, 2.75) is 32.9 Å². The average Bonchev–Trinajstić information content (AvgIpc) is 2.24. The molecule has 0 aliphatic carbocycles. The lowest BCUT2D eigenvalue weighted by atomic mass is 10.1. The van der Waals surface area contributed by atoms with Crippen LogP contribution < -0.4 is 5.32 Å². The topological polar surface area (TPSA) is 99.5 Å². The van der Waals surface area contributed by atoms with Crippen LogP contribution in [0.15, 0.2) is 12.1 Å². The Balaban J connectivity index is 2.91. The summed E-state index contributed by atoms with van der Waals surface area (Å²) in [6.07, 6.45) is -1.18. The molecule has 1 aromatic heterocycles. The molecule has 1 heterocycles. The number of nitrogens with one attached hydrogen (secondary N) is 1. The minimum Gasteiger partial charge on any atom is -0.480 e. The molecule has 1 aromatic rings. The van der Waals surface area contributed by atoms with Crippen LogP contribution >= 0.6 is 0 Å². The molecule has 1 rings (SSSR count). The second kappa shape index (κ2) is 5.59. The number of carbonyl (C=O) groups excluding carboxylic acids is 1. The minimum atomic E-state index is -1.33. The first-order valence-electron chi connectivity index (χ1n) is 5.49. The average molecular weight is 252 g/mol.